The van der Waals surface area contributed by atoms with Gasteiger partial charge < -0.3 is 4.74 Å². The van der Waals surface area contributed by atoms with Gasteiger partial charge in [-0.2, -0.15) is 0 Å². The quantitative estimate of drug-likeness (QED) is 0.651. The van der Waals surface area contributed by atoms with E-state index in [1.807, 2.05) is 6.92 Å². The predicted octanol–water partition coefficient (Wildman–Crippen LogP) is 5.61. The van der Waals surface area contributed by atoms with Crippen LogP contribution in [-0.4, -0.2) is 6.36 Å². The Morgan fingerprint density at radius 1 is 1.00 bits per heavy atom. The number of fused-ring (bicyclic) bond motifs is 1. The van der Waals surface area contributed by atoms with Crippen LogP contribution in [0.5, 0.6) is 5.75 Å². The van der Waals surface area contributed by atoms with Crippen molar-refractivity contribution in [3.63, 3.8) is 0 Å². The number of ether oxygens (including phenoxy) is 1. The van der Waals surface area contributed by atoms with Crippen molar-refractivity contribution < 1.29 is 26.7 Å². The zero-order valence-corrected chi connectivity index (χ0v) is 13.4. The van der Waals surface area contributed by atoms with E-state index in [-0.39, 0.29) is 24.2 Å². The molecule has 1 nitrogen and oxygen atoms in total. The average Bonchev–Trinajstić information content (AvgIpc) is 2.52. The lowest BCUT2D eigenvalue weighted by Gasteiger charge is -2.20. The van der Waals surface area contributed by atoms with Crippen LogP contribution in [-0.2, 0) is 19.3 Å². The Balaban J connectivity index is 1.89. The number of hydrogen-bond acceptors (Lipinski definition) is 1. The van der Waals surface area contributed by atoms with Crippen LogP contribution >= 0.6 is 0 Å². The number of halogens is 5. The number of aryl methyl sites for hydroxylation is 1. The Morgan fingerprint density at radius 3 is 2.28 bits per heavy atom. The fourth-order valence-electron chi connectivity index (χ4n) is 3.00. The molecule has 0 aliphatic heterocycles. The van der Waals surface area contributed by atoms with Crippen LogP contribution in [0.1, 0.15) is 29.2 Å². The summed E-state index contributed by atoms with van der Waals surface area (Å²) in [5.41, 5.74) is 2.37. The highest BCUT2D eigenvalue weighted by Crippen LogP contribution is 2.34. The first-order chi connectivity index (χ1) is 11.8. The van der Waals surface area contributed by atoms with E-state index in [0.29, 0.717) is 23.1 Å². The molecule has 0 unspecified atom stereocenters. The molecule has 132 valence electrons. The van der Waals surface area contributed by atoms with Gasteiger partial charge in [-0.15, -0.1) is 13.2 Å². The largest absolute Gasteiger partial charge is 0.573 e. The fourth-order valence-corrected chi connectivity index (χ4v) is 3.00. The Kier molecular flexibility index (Phi) is 4.54. The molecule has 0 N–H and O–H groups in total. The SMILES string of the molecule is CCc1cc(F)c(C2=CCc3cc(OC(F)(F)F)ccc3C2)c(F)c1. The van der Waals surface area contributed by atoms with Crippen molar-refractivity contribution in [2.75, 3.05) is 0 Å². The van der Waals surface area contributed by atoms with E-state index in [1.54, 1.807) is 6.08 Å². The lowest BCUT2D eigenvalue weighted by atomic mass is 9.87. The van der Waals surface area contributed by atoms with Gasteiger partial charge in [0, 0.05) is 5.56 Å². The summed E-state index contributed by atoms with van der Waals surface area (Å²) in [5.74, 6) is -1.54. The third-order valence-corrected chi connectivity index (χ3v) is 4.19. The molecule has 0 saturated carbocycles. The molecule has 6 heteroatoms. The van der Waals surface area contributed by atoms with Gasteiger partial charge in [-0.05, 0) is 65.8 Å². The van der Waals surface area contributed by atoms with Gasteiger partial charge in [0.25, 0.3) is 0 Å². The molecule has 3 rings (SSSR count). The standard InChI is InChI=1S/C19H15F5O/c1-2-11-7-16(20)18(17(21)8-11)14-4-3-13-10-15(25-19(22,23)24)6-5-12(13)9-14/h4-8,10H,2-3,9H2,1H3. The second kappa shape index (κ2) is 6.50. The molecular formula is C19H15F5O. The molecule has 0 radical (unpaired) electrons. The van der Waals surface area contributed by atoms with Crippen LogP contribution in [0.15, 0.2) is 36.4 Å². The maximum Gasteiger partial charge on any atom is 0.573 e. The molecule has 1 aliphatic carbocycles. The summed E-state index contributed by atoms with van der Waals surface area (Å²) in [7, 11) is 0. The molecule has 2 aromatic carbocycles. The molecule has 0 fully saturated rings. The molecule has 0 amide bonds. The van der Waals surface area contributed by atoms with Crippen molar-refractivity contribution in [3.8, 4) is 5.75 Å². The zero-order valence-electron chi connectivity index (χ0n) is 13.4. The van der Waals surface area contributed by atoms with E-state index in [1.165, 1.54) is 30.3 Å². The van der Waals surface area contributed by atoms with Crippen LogP contribution in [0.2, 0.25) is 0 Å². The summed E-state index contributed by atoms with van der Waals surface area (Å²) in [4.78, 5) is 0. The lowest BCUT2D eigenvalue weighted by molar-refractivity contribution is -0.274. The van der Waals surface area contributed by atoms with Crippen molar-refractivity contribution in [2.24, 2.45) is 0 Å². The summed E-state index contributed by atoms with van der Waals surface area (Å²) < 4.78 is 69.3. The number of alkyl halides is 3. The van der Waals surface area contributed by atoms with E-state index in [0.717, 1.165) is 5.56 Å². The number of hydrogen-bond donors (Lipinski definition) is 0. The summed E-state index contributed by atoms with van der Waals surface area (Å²) in [6.07, 6.45) is -2.04. The molecule has 0 bridgehead atoms. The van der Waals surface area contributed by atoms with Crippen LogP contribution in [0.25, 0.3) is 5.57 Å². The monoisotopic (exact) mass is 354 g/mol. The van der Waals surface area contributed by atoms with Gasteiger partial charge in [-0.3, -0.25) is 0 Å². The van der Waals surface area contributed by atoms with Gasteiger partial charge in [0.1, 0.15) is 17.4 Å². The van der Waals surface area contributed by atoms with Crippen molar-refractivity contribution in [1.29, 1.82) is 0 Å². The van der Waals surface area contributed by atoms with Crippen molar-refractivity contribution >= 4 is 5.57 Å². The maximum absolute atomic E-state index is 14.3. The minimum atomic E-state index is -4.75. The maximum atomic E-state index is 14.3. The highest BCUT2D eigenvalue weighted by atomic mass is 19.4. The third kappa shape index (κ3) is 3.83. The smallest absolute Gasteiger partial charge is 0.406 e. The average molecular weight is 354 g/mol. The highest BCUT2D eigenvalue weighted by molar-refractivity contribution is 5.71. The van der Waals surface area contributed by atoms with Gasteiger partial charge in [0.15, 0.2) is 0 Å². The summed E-state index contributed by atoms with van der Waals surface area (Å²) in [6.45, 7) is 1.81. The van der Waals surface area contributed by atoms with Gasteiger partial charge in [0.2, 0.25) is 0 Å². The Labute approximate surface area is 141 Å². The fraction of sp³-hybridized carbons (Fsp3) is 0.263. The van der Waals surface area contributed by atoms with Crippen molar-refractivity contribution in [1.82, 2.24) is 0 Å². The Morgan fingerprint density at radius 2 is 1.68 bits per heavy atom. The first kappa shape index (κ1) is 17.5. The number of allylic oxidation sites excluding steroid dienone is 2. The molecule has 25 heavy (non-hydrogen) atoms. The molecule has 2 aromatic rings. The molecule has 1 aliphatic rings. The van der Waals surface area contributed by atoms with E-state index < -0.39 is 18.0 Å². The predicted molar refractivity (Wildman–Crippen MR) is 84.2 cm³/mol. The molecule has 0 aromatic heterocycles. The summed E-state index contributed by atoms with van der Waals surface area (Å²) in [5, 5.41) is 0. The number of rotatable bonds is 3. The van der Waals surface area contributed by atoms with Crippen LogP contribution in [0.3, 0.4) is 0 Å². The van der Waals surface area contributed by atoms with Gasteiger partial charge in [-0.25, -0.2) is 8.78 Å². The topological polar surface area (TPSA) is 9.23 Å². The van der Waals surface area contributed by atoms with Gasteiger partial charge >= 0.3 is 6.36 Å². The van der Waals surface area contributed by atoms with Crippen LogP contribution < -0.4 is 4.74 Å². The van der Waals surface area contributed by atoms with E-state index in [4.69, 9.17) is 0 Å². The molecule has 0 heterocycles. The van der Waals surface area contributed by atoms with Gasteiger partial charge in [-0.1, -0.05) is 19.1 Å². The summed E-state index contributed by atoms with van der Waals surface area (Å²) in [6, 6.07) is 6.65. The van der Waals surface area contributed by atoms with Crippen molar-refractivity contribution in [2.45, 2.75) is 32.5 Å². The molecule has 0 saturated heterocycles. The summed E-state index contributed by atoms with van der Waals surface area (Å²) >= 11 is 0. The number of benzene rings is 2. The normalized spacial score (nSPS) is 14.1. The van der Waals surface area contributed by atoms with Crippen LogP contribution in [0, 0.1) is 11.6 Å². The first-order valence-corrected chi connectivity index (χ1v) is 7.81. The molecular weight excluding hydrogens is 339 g/mol. The lowest BCUT2D eigenvalue weighted by Crippen LogP contribution is -2.17. The van der Waals surface area contributed by atoms with E-state index in [2.05, 4.69) is 4.74 Å². The second-order valence-electron chi connectivity index (χ2n) is 5.88. The van der Waals surface area contributed by atoms with E-state index >= 15 is 0 Å². The first-order valence-electron chi connectivity index (χ1n) is 7.81. The Hall–Kier alpha value is -2.37. The minimum Gasteiger partial charge on any atom is -0.406 e. The van der Waals surface area contributed by atoms with Gasteiger partial charge in [0.05, 0.1) is 0 Å². The highest BCUT2D eigenvalue weighted by Gasteiger charge is 2.31. The van der Waals surface area contributed by atoms with E-state index in [9.17, 15) is 22.0 Å². The molecule has 0 spiro atoms. The molecule has 0 atom stereocenters. The van der Waals surface area contributed by atoms with Crippen LogP contribution in [0.4, 0.5) is 22.0 Å². The van der Waals surface area contributed by atoms with Crippen molar-refractivity contribution in [3.05, 3.63) is 70.3 Å². The minimum absolute atomic E-state index is 0.0709. The third-order valence-electron chi connectivity index (χ3n) is 4.19. The zero-order chi connectivity index (χ0) is 18.2. The second-order valence-corrected chi connectivity index (χ2v) is 5.88. The Bertz CT molecular complexity index is 813.